The van der Waals surface area contributed by atoms with E-state index in [0.29, 0.717) is 6.42 Å². The first-order valence-electron chi connectivity index (χ1n) is 8.17. The van der Waals surface area contributed by atoms with Crippen LogP contribution in [0, 0.1) is 0 Å². The summed E-state index contributed by atoms with van der Waals surface area (Å²) in [6.45, 7) is 2.10. The lowest BCUT2D eigenvalue weighted by molar-refractivity contribution is -0.149. The van der Waals surface area contributed by atoms with Gasteiger partial charge in [-0.15, -0.1) is 0 Å². The highest BCUT2D eigenvalue weighted by Crippen LogP contribution is 2.14. The minimum absolute atomic E-state index is 0.00878. The van der Waals surface area contributed by atoms with Crippen molar-refractivity contribution < 1.29 is 9.53 Å². The highest BCUT2D eigenvalue weighted by Gasteiger charge is 2.11. The summed E-state index contributed by atoms with van der Waals surface area (Å²) in [5.41, 5.74) is 0. The fourth-order valence-corrected chi connectivity index (χ4v) is 2.53. The fraction of sp³-hybridized carbons (Fsp3) is 0.824. The summed E-state index contributed by atoms with van der Waals surface area (Å²) in [7, 11) is 0. The van der Waals surface area contributed by atoms with Crippen LogP contribution in [0.15, 0.2) is 12.2 Å². The predicted molar refractivity (Wildman–Crippen MR) is 80.1 cm³/mol. The van der Waals surface area contributed by atoms with Crippen molar-refractivity contribution in [2.45, 2.75) is 90.1 Å². The van der Waals surface area contributed by atoms with Crippen molar-refractivity contribution in [3.8, 4) is 0 Å². The highest BCUT2D eigenvalue weighted by molar-refractivity contribution is 5.69. The number of rotatable bonds is 1. The summed E-state index contributed by atoms with van der Waals surface area (Å²) < 4.78 is 5.54. The molecule has 0 fully saturated rings. The Morgan fingerprint density at radius 3 is 2.37 bits per heavy atom. The number of hydrogen-bond donors (Lipinski definition) is 0. The van der Waals surface area contributed by atoms with E-state index in [1.165, 1.54) is 38.5 Å². The zero-order chi connectivity index (χ0) is 13.8. The maximum atomic E-state index is 11.7. The smallest absolute Gasteiger partial charge is 0.306 e. The van der Waals surface area contributed by atoms with Gasteiger partial charge >= 0.3 is 5.97 Å². The fourth-order valence-electron chi connectivity index (χ4n) is 2.53. The Morgan fingerprint density at radius 2 is 1.63 bits per heavy atom. The Labute approximate surface area is 118 Å². The molecule has 0 saturated carbocycles. The molecular weight excluding hydrogens is 236 g/mol. The van der Waals surface area contributed by atoms with Crippen LogP contribution < -0.4 is 0 Å². The molecule has 2 nitrogen and oxygen atoms in total. The van der Waals surface area contributed by atoms with Crippen LogP contribution in [0.4, 0.5) is 0 Å². The van der Waals surface area contributed by atoms with Gasteiger partial charge in [-0.25, -0.2) is 0 Å². The lowest BCUT2D eigenvalue weighted by Gasteiger charge is -2.15. The van der Waals surface area contributed by atoms with Gasteiger partial charge in [0.25, 0.3) is 0 Å². The second kappa shape index (κ2) is 11.1. The minimum atomic E-state index is 0.00878. The topological polar surface area (TPSA) is 26.3 Å². The Hall–Kier alpha value is -0.790. The van der Waals surface area contributed by atoms with E-state index >= 15 is 0 Å². The molecule has 2 heteroatoms. The maximum absolute atomic E-state index is 11.7. The van der Waals surface area contributed by atoms with Gasteiger partial charge in [0.1, 0.15) is 6.10 Å². The first-order chi connectivity index (χ1) is 9.33. The number of allylic oxidation sites excluding steroid dienone is 2. The molecule has 0 bridgehead atoms. The van der Waals surface area contributed by atoms with Gasteiger partial charge < -0.3 is 4.74 Å². The molecule has 1 aliphatic rings. The molecule has 1 unspecified atom stereocenters. The van der Waals surface area contributed by atoms with Crippen LogP contribution in [0.25, 0.3) is 0 Å². The van der Waals surface area contributed by atoms with Gasteiger partial charge in [-0.1, -0.05) is 44.8 Å². The third-order valence-electron chi connectivity index (χ3n) is 3.82. The molecule has 0 spiro atoms. The molecule has 19 heavy (non-hydrogen) atoms. The largest absolute Gasteiger partial charge is 0.462 e. The van der Waals surface area contributed by atoms with E-state index in [4.69, 9.17) is 4.74 Å². The van der Waals surface area contributed by atoms with Gasteiger partial charge in [-0.3, -0.25) is 4.79 Å². The third kappa shape index (κ3) is 8.85. The standard InChI is InChI=1S/C17H30O2/c1-2-16-14-12-10-8-6-4-3-5-7-9-11-13-15-17(18)19-16/h6,8,16H,2-5,7,9-15H2,1H3/b8-6+. The second-order valence-electron chi connectivity index (χ2n) is 5.58. The van der Waals surface area contributed by atoms with Crippen molar-refractivity contribution >= 4 is 5.97 Å². The molecule has 1 aliphatic heterocycles. The van der Waals surface area contributed by atoms with Gasteiger partial charge in [0.2, 0.25) is 0 Å². The minimum Gasteiger partial charge on any atom is -0.462 e. The quantitative estimate of drug-likeness (QED) is 0.483. The molecule has 0 aromatic rings. The normalized spacial score (nSPS) is 26.6. The van der Waals surface area contributed by atoms with Crippen molar-refractivity contribution in [1.82, 2.24) is 0 Å². The summed E-state index contributed by atoms with van der Waals surface area (Å²) in [6, 6.07) is 0. The van der Waals surface area contributed by atoms with Crippen molar-refractivity contribution in [2.24, 2.45) is 0 Å². The van der Waals surface area contributed by atoms with Gasteiger partial charge in [0.05, 0.1) is 0 Å². The Balaban J connectivity index is 2.35. The van der Waals surface area contributed by atoms with Crippen LogP contribution >= 0.6 is 0 Å². The monoisotopic (exact) mass is 266 g/mol. The molecule has 1 heterocycles. The van der Waals surface area contributed by atoms with E-state index in [1.54, 1.807) is 0 Å². The second-order valence-corrected chi connectivity index (χ2v) is 5.58. The zero-order valence-corrected chi connectivity index (χ0v) is 12.5. The number of carbonyl (C=O) groups excluding carboxylic acids is 1. The van der Waals surface area contributed by atoms with Crippen molar-refractivity contribution in [3.63, 3.8) is 0 Å². The van der Waals surface area contributed by atoms with Gasteiger partial charge in [0, 0.05) is 6.42 Å². The molecule has 0 radical (unpaired) electrons. The lowest BCUT2D eigenvalue weighted by Crippen LogP contribution is -2.17. The van der Waals surface area contributed by atoms with E-state index in [-0.39, 0.29) is 12.1 Å². The molecule has 110 valence electrons. The summed E-state index contributed by atoms with van der Waals surface area (Å²) in [6.07, 6.45) is 18.1. The van der Waals surface area contributed by atoms with Crippen molar-refractivity contribution in [3.05, 3.63) is 12.2 Å². The van der Waals surface area contributed by atoms with Crippen LogP contribution in [0.1, 0.15) is 84.0 Å². The van der Waals surface area contributed by atoms with Crippen molar-refractivity contribution in [1.29, 1.82) is 0 Å². The number of carbonyl (C=O) groups is 1. The number of esters is 1. The Kier molecular flexibility index (Phi) is 9.48. The van der Waals surface area contributed by atoms with E-state index in [1.807, 2.05) is 0 Å². The zero-order valence-electron chi connectivity index (χ0n) is 12.5. The number of cyclic esters (lactones) is 1. The SMILES string of the molecule is CCC1CCC/C=C/CCCCCCCCC(=O)O1. The number of hydrogen-bond acceptors (Lipinski definition) is 2. The first kappa shape index (κ1) is 16.3. The van der Waals surface area contributed by atoms with Crippen LogP contribution in [-0.4, -0.2) is 12.1 Å². The van der Waals surface area contributed by atoms with Crippen LogP contribution in [-0.2, 0) is 9.53 Å². The molecule has 0 saturated heterocycles. The van der Waals surface area contributed by atoms with E-state index in [0.717, 1.165) is 32.1 Å². The van der Waals surface area contributed by atoms with E-state index in [9.17, 15) is 4.79 Å². The van der Waals surface area contributed by atoms with E-state index in [2.05, 4.69) is 19.1 Å². The van der Waals surface area contributed by atoms with Crippen LogP contribution in [0.2, 0.25) is 0 Å². The summed E-state index contributed by atoms with van der Waals surface area (Å²) in [5.74, 6) is 0.00878. The molecule has 1 atom stereocenters. The van der Waals surface area contributed by atoms with Crippen LogP contribution in [0.3, 0.4) is 0 Å². The van der Waals surface area contributed by atoms with Gasteiger partial charge in [-0.05, 0) is 44.9 Å². The van der Waals surface area contributed by atoms with E-state index < -0.39 is 0 Å². The molecule has 0 aromatic heterocycles. The molecule has 1 rings (SSSR count). The molecule has 0 aromatic carbocycles. The first-order valence-corrected chi connectivity index (χ1v) is 8.17. The third-order valence-corrected chi connectivity index (χ3v) is 3.82. The van der Waals surface area contributed by atoms with Crippen molar-refractivity contribution in [2.75, 3.05) is 0 Å². The summed E-state index contributed by atoms with van der Waals surface area (Å²) in [5, 5.41) is 0. The van der Waals surface area contributed by atoms with Gasteiger partial charge in [-0.2, -0.15) is 0 Å². The molecule has 0 aliphatic carbocycles. The molecular formula is C17H30O2. The number of ether oxygens (including phenoxy) is 1. The Bertz CT molecular complexity index is 258. The summed E-state index contributed by atoms with van der Waals surface area (Å²) in [4.78, 5) is 11.7. The predicted octanol–water partition coefficient (Wildman–Crippen LogP) is 5.17. The average Bonchev–Trinajstić information content (AvgIpc) is 2.41. The highest BCUT2D eigenvalue weighted by atomic mass is 16.5. The Morgan fingerprint density at radius 1 is 1.00 bits per heavy atom. The average molecular weight is 266 g/mol. The van der Waals surface area contributed by atoms with Crippen LogP contribution in [0.5, 0.6) is 0 Å². The summed E-state index contributed by atoms with van der Waals surface area (Å²) >= 11 is 0. The van der Waals surface area contributed by atoms with Gasteiger partial charge in [0.15, 0.2) is 0 Å². The lowest BCUT2D eigenvalue weighted by atomic mass is 10.1. The molecule has 0 amide bonds. The molecule has 0 N–H and O–H groups in total. The maximum Gasteiger partial charge on any atom is 0.306 e.